The Kier molecular flexibility index (Phi) is 11.5. The molecule has 0 aliphatic carbocycles. The number of hydrogen-bond acceptors (Lipinski definition) is 0. The lowest BCUT2D eigenvalue weighted by atomic mass is 10.6. The molecule has 0 aliphatic rings. The number of rotatable bonds is 2. The van der Waals surface area contributed by atoms with Crippen LogP contribution in [-0.4, -0.2) is 9.73 Å². The van der Waals surface area contributed by atoms with Crippen molar-refractivity contribution < 1.29 is 0 Å². The molecule has 0 aromatic carbocycles. The third-order valence-corrected chi connectivity index (χ3v) is 2.45. The Labute approximate surface area is 98.4 Å². The van der Waals surface area contributed by atoms with Gasteiger partial charge in [0.2, 0.25) is 0 Å². The average molecular weight is 232 g/mol. The molecule has 0 fully saturated rings. The summed E-state index contributed by atoms with van der Waals surface area (Å²) in [6.45, 7) is 17.0. The summed E-state index contributed by atoms with van der Waals surface area (Å²) < 4.78 is 0. The lowest BCUT2D eigenvalue weighted by molar-refractivity contribution is 1.34. The van der Waals surface area contributed by atoms with Crippen molar-refractivity contribution in [2.24, 2.45) is 0 Å². The Morgan fingerprint density at radius 1 is 0.643 bits per heavy atom. The van der Waals surface area contributed by atoms with Gasteiger partial charge in [-0.25, -0.2) is 0 Å². The van der Waals surface area contributed by atoms with Gasteiger partial charge in [-0.15, -0.1) is 27.7 Å². The highest BCUT2D eigenvalue weighted by molar-refractivity contribution is 7.81. The summed E-state index contributed by atoms with van der Waals surface area (Å²) in [4.78, 5) is 2.83. The third-order valence-electron chi connectivity index (χ3n) is 0.816. The molecule has 14 heavy (non-hydrogen) atoms. The zero-order chi connectivity index (χ0) is 11.7. The van der Waals surface area contributed by atoms with Crippen molar-refractivity contribution in [3.05, 3.63) is 10.5 Å². The van der Waals surface area contributed by atoms with Gasteiger partial charge >= 0.3 is 0 Å². The van der Waals surface area contributed by atoms with Crippen LogP contribution in [0, 0.1) is 10.5 Å². The van der Waals surface area contributed by atoms with Crippen molar-refractivity contribution in [3.63, 3.8) is 0 Å². The van der Waals surface area contributed by atoms with Crippen molar-refractivity contribution in [3.8, 4) is 0 Å². The van der Waals surface area contributed by atoms with E-state index in [9.17, 15) is 0 Å². The van der Waals surface area contributed by atoms with Crippen LogP contribution in [0.25, 0.3) is 0 Å². The first kappa shape index (κ1) is 16.6. The van der Waals surface area contributed by atoms with E-state index in [0.29, 0.717) is 0 Å². The summed E-state index contributed by atoms with van der Waals surface area (Å²) in [5.74, 6) is 0. The Morgan fingerprint density at radius 2 is 0.857 bits per heavy atom. The quantitative estimate of drug-likeness (QED) is 0.387. The second-order valence-electron chi connectivity index (χ2n) is 3.84. The maximum atomic E-state index is 2.12. The van der Waals surface area contributed by atoms with Gasteiger partial charge in [0.05, 0.1) is 0 Å². The van der Waals surface area contributed by atoms with E-state index in [1.807, 2.05) is 22.7 Å². The molecule has 0 rings (SSSR count). The average Bonchev–Trinajstić information content (AvgIpc) is 1.79. The van der Waals surface area contributed by atoms with Crippen LogP contribution in [0.5, 0.6) is 0 Å². The van der Waals surface area contributed by atoms with Gasteiger partial charge in [0.25, 0.3) is 0 Å². The van der Waals surface area contributed by atoms with Gasteiger partial charge < -0.3 is 0 Å². The smallest absolute Gasteiger partial charge is 0.135 e. The molecular formula is C12H24S2. The van der Waals surface area contributed by atoms with Gasteiger partial charge in [-0.3, -0.25) is 0 Å². The van der Waals surface area contributed by atoms with E-state index in [1.165, 1.54) is 20.2 Å². The molecule has 0 unspecified atom stereocenters. The van der Waals surface area contributed by atoms with E-state index in [-0.39, 0.29) is 0 Å². The van der Waals surface area contributed by atoms with Gasteiger partial charge in [0.1, 0.15) is 9.73 Å². The van der Waals surface area contributed by atoms with Crippen LogP contribution in [0.15, 0.2) is 0 Å². The van der Waals surface area contributed by atoms with E-state index in [4.69, 9.17) is 0 Å². The van der Waals surface area contributed by atoms with E-state index in [1.54, 1.807) is 0 Å². The topological polar surface area (TPSA) is 0 Å². The molecular weight excluding hydrogens is 208 g/mol. The van der Waals surface area contributed by atoms with E-state index in [2.05, 4.69) is 55.4 Å². The zero-order valence-corrected chi connectivity index (χ0v) is 12.4. The van der Waals surface area contributed by atoms with Crippen molar-refractivity contribution >= 4 is 32.4 Å². The van der Waals surface area contributed by atoms with E-state index < -0.39 is 0 Å². The lowest BCUT2D eigenvalue weighted by Crippen LogP contribution is -1.87. The van der Waals surface area contributed by atoms with Crippen molar-refractivity contribution in [1.82, 2.24) is 0 Å². The molecule has 0 N–H and O–H groups in total. The Morgan fingerprint density at radius 3 is 0.857 bits per heavy atom. The normalized spacial score (nSPS) is 9.29. The standard InChI is InChI=1S/2C6H12S/c2*1-5(2)7-6(3)4/h2*1-4H3. The zero-order valence-electron chi connectivity index (χ0n) is 10.8. The van der Waals surface area contributed by atoms with Crippen molar-refractivity contribution in [2.75, 3.05) is 0 Å². The number of hydrogen-bond donors (Lipinski definition) is 0. The third kappa shape index (κ3) is 22.8. The maximum Gasteiger partial charge on any atom is 0.135 e. The molecule has 0 aliphatic heterocycles. The predicted octanol–water partition coefficient (Wildman–Crippen LogP) is 3.71. The molecule has 0 amide bonds. The second kappa shape index (κ2) is 9.72. The van der Waals surface area contributed by atoms with Crippen LogP contribution >= 0.6 is 0 Å². The highest BCUT2D eigenvalue weighted by atomic mass is 32.1. The molecule has 0 atom stereocenters. The molecule has 0 nitrogen and oxygen atoms in total. The predicted molar refractivity (Wildman–Crippen MR) is 76.6 cm³/mol. The molecule has 0 aromatic heterocycles. The fraction of sp³-hybridized carbons (Fsp3) is 0.667. The minimum atomic E-state index is 1.42. The van der Waals surface area contributed by atoms with Crippen LogP contribution in [-0.2, 0) is 22.7 Å². The fourth-order valence-electron chi connectivity index (χ4n) is 0.816. The van der Waals surface area contributed by atoms with Crippen LogP contribution in [0.3, 0.4) is 0 Å². The molecule has 84 valence electrons. The maximum absolute atomic E-state index is 2.12. The largest absolute Gasteiger partial charge is 0.135 e. The van der Waals surface area contributed by atoms with E-state index >= 15 is 0 Å². The molecule has 0 heterocycles. The highest BCUT2D eigenvalue weighted by Crippen LogP contribution is 1.92. The first-order valence-corrected chi connectivity index (χ1v) is 6.45. The monoisotopic (exact) mass is 232 g/mol. The Bertz CT molecular complexity index is 158. The minimum Gasteiger partial charge on any atom is -0.135 e. The molecule has 2 heteroatoms. The van der Waals surface area contributed by atoms with Crippen LogP contribution in [0.2, 0.25) is 0 Å². The Balaban J connectivity index is 0. The van der Waals surface area contributed by atoms with Crippen LogP contribution < -0.4 is 0 Å². The van der Waals surface area contributed by atoms with Crippen molar-refractivity contribution in [2.45, 2.75) is 55.4 Å². The molecule has 0 spiro atoms. The van der Waals surface area contributed by atoms with Gasteiger partial charge in [-0.1, -0.05) is 0 Å². The highest BCUT2D eigenvalue weighted by Gasteiger charge is 1.88. The first-order chi connectivity index (χ1) is 6.25. The summed E-state index contributed by atoms with van der Waals surface area (Å²) in [6, 6.07) is 0. The van der Waals surface area contributed by atoms with Gasteiger partial charge in [-0.05, 0) is 33.2 Å². The summed E-state index contributed by atoms with van der Waals surface area (Å²) in [6.07, 6.45) is 0. The molecule has 0 radical (unpaired) electrons. The minimum absolute atomic E-state index is 1.42. The van der Waals surface area contributed by atoms with Gasteiger partial charge in [0, 0.05) is 27.7 Å². The van der Waals surface area contributed by atoms with E-state index in [0.717, 1.165) is 0 Å². The Hall–Kier alpha value is 0.180. The van der Waals surface area contributed by atoms with Gasteiger partial charge in [-0.2, -0.15) is 0 Å². The van der Waals surface area contributed by atoms with Crippen molar-refractivity contribution in [1.29, 1.82) is 0 Å². The van der Waals surface area contributed by atoms with Crippen LogP contribution in [0.1, 0.15) is 55.4 Å². The SMILES string of the molecule is CC(C)=[S+][C-](C)C.CC(C)=[S+][C-](C)C. The fourth-order valence-corrected chi connectivity index (χ4v) is 2.45. The molecule has 0 bridgehead atoms. The first-order valence-electron chi connectivity index (χ1n) is 4.82. The van der Waals surface area contributed by atoms with Gasteiger partial charge in [0.15, 0.2) is 0 Å². The summed E-state index contributed by atoms with van der Waals surface area (Å²) in [5, 5.41) is 2.83. The lowest BCUT2D eigenvalue weighted by Gasteiger charge is -1.89. The van der Waals surface area contributed by atoms with Crippen LogP contribution in [0.4, 0.5) is 0 Å². The second-order valence-corrected chi connectivity index (χ2v) is 7.51. The summed E-state index contributed by atoms with van der Waals surface area (Å²) in [5.41, 5.74) is 0. The summed E-state index contributed by atoms with van der Waals surface area (Å²) in [7, 11) is 0. The molecule has 0 saturated heterocycles. The molecule has 0 aromatic rings. The summed E-state index contributed by atoms with van der Waals surface area (Å²) >= 11 is 3.69. The molecule has 0 saturated carbocycles.